The number of aromatic nitrogens is 1. The van der Waals surface area contributed by atoms with Gasteiger partial charge in [0.25, 0.3) is 0 Å². The average Bonchev–Trinajstić information content (AvgIpc) is 2.55. The monoisotopic (exact) mass is 188 g/mol. The molecule has 1 aliphatic rings. The molecular weight excluding hydrogens is 176 g/mol. The van der Waals surface area contributed by atoms with Crippen molar-refractivity contribution in [2.24, 2.45) is 0 Å². The Kier molecular flexibility index (Phi) is 3.12. The average molecular weight is 189 g/mol. The Labute approximate surface area is 78.0 Å². The zero-order valence-corrected chi connectivity index (χ0v) is 7.86. The smallest absolute Gasteiger partial charge is 0.211 e. The molecule has 0 unspecified atom stereocenters. The quantitative estimate of drug-likeness (QED) is 0.731. The lowest BCUT2D eigenvalue weighted by Gasteiger charge is -2.02. The minimum atomic E-state index is 0. The van der Waals surface area contributed by atoms with E-state index in [0.29, 0.717) is 6.04 Å². The fraction of sp³-hybridized carbons (Fsp3) is 0.625. The standard InChI is InChI=1S/C8H12N2O.ClH/c1-6-5-11-8(10-6)7-3-2-4-9-7;/h5,7,9H,2-4H2,1H3;1H/t7-;/m1./s1. The van der Waals surface area contributed by atoms with Crippen LogP contribution in [0.2, 0.25) is 0 Å². The van der Waals surface area contributed by atoms with E-state index in [1.165, 1.54) is 6.42 Å². The summed E-state index contributed by atoms with van der Waals surface area (Å²) in [6.07, 6.45) is 4.08. The molecule has 1 aliphatic heterocycles. The highest BCUT2D eigenvalue weighted by Crippen LogP contribution is 2.21. The summed E-state index contributed by atoms with van der Waals surface area (Å²) < 4.78 is 5.27. The van der Waals surface area contributed by atoms with Crippen molar-refractivity contribution in [2.75, 3.05) is 6.54 Å². The molecule has 0 spiro atoms. The highest BCUT2D eigenvalue weighted by molar-refractivity contribution is 5.85. The molecule has 0 bridgehead atoms. The maximum atomic E-state index is 5.27. The Morgan fingerprint density at radius 3 is 3.00 bits per heavy atom. The van der Waals surface area contributed by atoms with Crippen LogP contribution in [0.25, 0.3) is 0 Å². The molecule has 2 rings (SSSR count). The van der Waals surface area contributed by atoms with Gasteiger partial charge in [0.1, 0.15) is 6.26 Å². The molecule has 0 saturated carbocycles. The molecule has 3 nitrogen and oxygen atoms in total. The van der Waals surface area contributed by atoms with Crippen molar-refractivity contribution >= 4 is 12.4 Å². The summed E-state index contributed by atoms with van der Waals surface area (Å²) in [6, 6.07) is 0.365. The molecule has 2 heterocycles. The summed E-state index contributed by atoms with van der Waals surface area (Å²) in [5.41, 5.74) is 0.966. The first-order valence-electron chi connectivity index (χ1n) is 4.01. The van der Waals surface area contributed by atoms with Crippen molar-refractivity contribution in [3.05, 3.63) is 17.8 Å². The maximum absolute atomic E-state index is 5.27. The van der Waals surface area contributed by atoms with E-state index in [4.69, 9.17) is 4.42 Å². The summed E-state index contributed by atoms with van der Waals surface area (Å²) in [4.78, 5) is 4.26. The lowest BCUT2D eigenvalue weighted by Crippen LogP contribution is -2.12. The molecule has 12 heavy (non-hydrogen) atoms. The third-order valence-corrected chi connectivity index (χ3v) is 2.00. The second kappa shape index (κ2) is 3.92. The van der Waals surface area contributed by atoms with E-state index in [9.17, 15) is 0 Å². The van der Waals surface area contributed by atoms with Gasteiger partial charge in [-0.3, -0.25) is 0 Å². The molecular formula is C8H13ClN2O. The van der Waals surface area contributed by atoms with E-state index in [1.54, 1.807) is 6.26 Å². The first-order valence-corrected chi connectivity index (χ1v) is 4.01. The van der Waals surface area contributed by atoms with Crippen LogP contribution in [0, 0.1) is 6.92 Å². The van der Waals surface area contributed by atoms with Crippen LogP contribution in [0.1, 0.15) is 30.5 Å². The van der Waals surface area contributed by atoms with Crippen molar-refractivity contribution < 1.29 is 4.42 Å². The highest BCUT2D eigenvalue weighted by Gasteiger charge is 2.20. The third kappa shape index (κ3) is 1.79. The van der Waals surface area contributed by atoms with Gasteiger partial charge in [0.05, 0.1) is 11.7 Å². The molecule has 1 fully saturated rings. The van der Waals surface area contributed by atoms with Gasteiger partial charge in [-0.1, -0.05) is 0 Å². The number of oxazole rings is 1. The predicted octanol–water partition coefficient (Wildman–Crippen LogP) is 1.83. The minimum Gasteiger partial charge on any atom is -0.447 e. The van der Waals surface area contributed by atoms with E-state index < -0.39 is 0 Å². The number of hydrogen-bond donors (Lipinski definition) is 1. The van der Waals surface area contributed by atoms with Crippen molar-refractivity contribution in [3.63, 3.8) is 0 Å². The first kappa shape index (κ1) is 9.55. The molecule has 0 radical (unpaired) electrons. The molecule has 4 heteroatoms. The second-order valence-corrected chi connectivity index (χ2v) is 2.98. The molecule has 1 N–H and O–H groups in total. The Hall–Kier alpha value is -0.540. The van der Waals surface area contributed by atoms with Crippen molar-refractivity contribution in [2.45, 2.75) is 25.8 Å². The van der Waals surface area contributed by atoms with Gasteiger partial charge in [-0.25, -0.2) is 4.98 Å². The second-order valence-electron chi connectivity index (χ2n) is 2.98. The summed E-state index contributed by atoms with van der Waals surface area (Å²) >= 11 is 0. The molecule has 0 aromatic carbocycles. The van der Waals surface area contributed by atoms with Crippen molar-refractivity contribution in [3.8, 4) is 0 Å². The van der Waals surface area contributed by atoms with Crippen LogP contribution in [0.15, 0.2) is 10.7 Å². The fourth-order valence-electron chi connectivity index (χ4n) is 1.43. The van der Waals surface area contributed by atoms with Gasteiger partial charge < -0.3 is 9.73 Å². The lowest BCUT2D eigenvalue weighted by molar-refractivity contribution is 0.429. The number of rotatable bonds is 1. The van der Waals surface area contributed by atoms with Gasteiger partial charge in [0, 0.05) is 0 Å². The lowest BCUT2D eigenvalue weighted by atomic mass is 10.2. The SMILES string of the molecule is Cc1coc([C@H]2CCCN2)n1.Cl. The topological polar surface area (TPSA) is 38.1 Å². The Balaban J connectivity index is 0.000000720. The van der Waals surface area contributed by atoms with Crippen LogP contribution in [-0.4, -0.2) is 11.5 Å². The minimum absolute atomic E-state index is 0. The fourth-order valence-corrected chi connectivity index (χ4v) is 1.43. The van der Waals surface area contributed by atoms with Crippen LogP contribution < -0.4 is 5.32 Å². The summed E-state index contributed by atoms with van der Waals surface area (Å²) in [5, 5.41) is 3.33. The van der Waals surface area contributed by atoms with Crippen LogP contribution in [0.5, 0.6) is 0 Å². The van der Waals surface area contributed by atoms with Crippen LogP contribution in [0.3, 0.4) is 0 Å². The molecule has 1 atom stereocenters. The normalized spacial score (nSPS) is 22.2. The zero-order valence-electron chi connectivity index (χ0n) is 7.04. The van der Waals surface area contributed by atoms with E-state index in [2.05, 4.69) is 10.3 Å². The van der Waals surface area contributed by atoms with Crippen LogP contribution >= 0.6 is 12.4 Å². The summed E-state index contributed by atoms with van der Waals surface area (Å²) in [7, 11) is 0. The molecule has 0 amide bonds. The van der Waals surface area contributed by atoms with Crippen molar-refractivity contribution in [1.82, 2.24) is 10.3 Å². The summed E-state index contributed by atoms with van der Waals surface area (Å²) in [6.45, 7) is 3.04. The van der Waals surface area contributed by atoms with Crippen LogP contribution in [0.4, 0.5) is 0 Å². The molecule has 0 aliphatic carbocycles. The van der Waals surface area contributed by atoms with E-state index >= 15 is 0 Å². The highest BCUT2D eigenvalue weighted by atomic mass is 35.5. The van der Waals surface area contributed by atoms with Crippen molar-refractivity contribution in [1.29, 1.82) is 0 Å². The van der Waals surface area contributed by atoms with E-state index in [0.717, 1.165) is 24.6 Å². The van der Waals surface area contributed by atoms with Gasteiger partial charge in [-0.15, -0.1) is 12.4 Å². The molecule has 68 valence electrons. The van der Waals surface area contributed by atoms with Gasteiger partial charge in [-0.05, 0) is 26.3 Å². The van der Waals surface area contributed by atoms with Crippen LogP contribution in [-0.2, 0) is 0 Å². The van der Waals surface area contributed by atoms with Gasteiger partial charge in [-0.2, -0.15) is 0 Å². The zero-order chi connectivity index (χ0) is 7.68. The third-order valence-electron chi connectivity index (χ3n) is 2.00. The number of nitrogens with zero attached hydrogens (tertiary/aromatic N) is 1. The Bertz CT molecular complexity index is 243. The van der Waals surface area contributed by atoms with Gasteiger partial charge in [0.15, 0.2) is 0 Å². The predicted molar refractivity (Wildman–Crippen MR) is 48.5 cm³/mol. The van der Waals surface area contributed by atoms with Gasteiger partial charge >= 0.3 is 0 Å². The largest absolute Gasteiger partial charge is 0.447 e. The number of halogens is 1. The molecule has 1 aromatic rings. The van der Waals surface area contributed by atoms with E-state index in [-0.39, 0.29) is 12.4 Å². The Morgan fingerprint density at radius 2 is 2.50 bits per heavy atom. The number of nitrogens with one attached hydrogen (secondary N) is 1. The number of hydrogen-bond acceptors (Lipinski definition) is 3. The maximum Gasteiger partial charge on any atom is 0.211 e. The van der Waals surface area contributed by atoms with Gasteiger partial charge in [0.2, 0.25) is 5.89 Å². The first-order chi connectivity index (χ1) is 5.36. The molecule has 1 aromatic heterocycles. The molecule has 1 saturated heterocycles. The number of aryl methyl sites for hydroxylation is 1. The van der Waals surface area contributed by atoms with E-state index in [1.807, 2.05) is 6.92 Å². The Morgan fingerprint density at radius 1 is 1.67 bits per heavy atom. The summed E-state index contributed by atoms with van der Waals surface area (Å²) in [5.74, 6) is 0.847.